The molecular formula is C16H27N3O. The van der Waals surface area contributed by atoms with Gasteiger partial charge in [-0.1, -0.05) is 32.8 Å². The van der Waals surface area contributed by atoms with Crippen molar-refractivity contribution in [2.24, 2.45) is 0 Å². The number of nitrogens with one attached hydrogen (secondary N) is 1. The summed E-state index contributed by atoms with van der Waals surface area (Å²) < 4.78 is 0. The molecule has 0 aromatic carbocycles. The van der Waals surface area contributed by atoms with Crippen molar-refractivity contribution in [2.45, 2.75) is 58.2 Å². The van der Waals surface area contributed by atoms with Gasteiger partial charge in [-0.05, 0) is 18.9 Å². The van der Waals surface area contributed by atoms with Crippen LogP contribution in [0.2, 0.25) is 0 Å². The standard InChI is InChI=1S/C16H27N3O/c1-13(2)18-12-14-6-5-9-17-16(14)19(10-11-20)15-7-3-4-8-15/h5-6,9,13,15,18,20H,3-4,7-8,10-12H2,1-2H3. The third-order valence-electron chi connectivity index (χ3n) is 3.95. The van der Waals surface area contributed by atoms with Crippen LogP contribution in [0.1, 0.15) is 45.1 Å². The van der Waals surface area contributed by atoms with E-state index < -0.39 is 0 Å². The molecule has 1 aromatic rings. The van der Waals surface area contributed by atoms with E-state index in [4.69, 9.17) is 0 Å². The number of aliphatic hydroxyl groups excluding tert-OH is 1. The monoisotopic (exact) mass is 277 g/mol. The molecule has 0 aliphatic heterocycles. The van der Waals surface area contributed by atoms with Gasteiger partial charge in [0, 0.05) is 36.9 Å². The van der Waals surface area contributed by atoms with Crippen LogP contribution < -0.4 is 10.2 Å². The van der Waals surface area contributed by atoms with E-state index in [1.807, 2.05) is 12.3 Å². The second-order valence-corrected chi connectivity index (χ2v) is 5.88. The van der Waals surface area contributed by atoms with Gasteiger partial charge in [0.15, 0.2) is 0 Å². The Bertz CT molecular complexity index is 402. The molecule has 1 aliphatic carbocycles. The van der Waals surface area contributed by atoms with Crippen LogP contribution in [-0.4, -0.2) is 35.3 Å². The van der Waals surface area contributed by atoms with Gasteiger partial charge in [-0.3, -0.25) is 0 Å². The average Bonchev–Trinajstić information content (AvgIpc) is 2.97. The topological polar surface area (TPSA) is 48.4 Å². The maximum Gasteiger partial charge on any atom is 0.133 e. The van der Waals surface area contributed by atoms with Gasteiger partial charge in [0.2, 0.25) is 0 Å². The number of anilines is 1. The first-order valence-corrected chi connectivity index (χ1v) is 7.77. The molecule has 0 saturated heterocycles. The minimum absolute atomic E-state index is 0.185. The summed E-state index contributed by atoms with van der Waals surface area (Å²) in [5.41, 5.74) is 1.22. The molecule has 0 amide bonds. The number of pyridine rings is 1. The second-order valence-electron chi connectivity index (χ2n) is 5.88. The highest BCUT2D eigenvalue weighted by Crippen LogP contribution is 2.28. The third kappa shape index (κ3) is 3.93. The van der Waals surface area contributed by atoms with Gasteiger partial charge >= 0.3 is 0 Å². The lowest BCUT2D eigenvalue weighted by atomic mass is 10.1. The molecule has 0 radical (unpaired) electrons. The minimum Gasteiger partial charge on any atom is -0.395 e. The Kier molecular flexibility index (Phi) is 5.80. The molecule has 1 aliphatic rings. The molecule has 112 valence electrons. The maximum absolute atomic E-state index is 9.38. The van der Waals surface area contributed by atoms with Crippen molar-refractivity contribution in [1.82, 2.24) is 10.3 Å². The van der Waals surface area contributed by atoms with Crippen molar-refractivity contribution in [3.8, 4) is 0 Å². The van der Waals surface area contributed by atoms with E-state index in [9.17, 15) is 5.11 Å². The van der Waals surface area contributed by atoms with Gasteiger partial charge in [0.1, 0.15) is 5.82 Å². The average molecular weight is 277 g/mol. The molecule has 4 heteroatoms. The molecule has 0 atom stereocenters. The predicted molar refractivity (Wildman–Crippen MR) is 82.9 cm³/mol. The fourth-order valence-electron chi connectivity index (χ4n) is 2.93. The first kappa shape index (κ1) is 15.3. The van der Waals surface area contributed by atoms with Crippen LogP contribution in [0.5, 0.6) is 0 Å². The van der Waals surface area contributed by atoms with Gasteiger partial charge < -0.3 is 15.3 Å². The van der Waals surface area contributed by atoms with Gasteiger partial charge in [-0.15, -0.1) is 0 Å². The molecule has 4 nitrogen and oxygen atoms in total. The summed E-state index contributed by atoms with van der Waals surface area (Å²) in [7, 11) is 0. The van der Waals surface area contributed by atoms with Gasteiger partial charge in [-0.25, -0.2) is 4.98 Å². The molecule has 1 heterocycles. The largest absolute Gasteiger partial charge is 0.395 e. The van der Waals surface area contributed by atoms with Crippen LogP contribution >= 0.6 is 0 Å². The SMILES string of the molecule is CC(C)NCc1cccnc1N(CCO)C1CCCC1. The molecule has 20 heavy (non-hydrogen) atoms. The highest BCUT2D eigenvalue weighted by molar-refractivity contribution is 5.48. The highest BCUT2D eigenvalue weighted by Gasteiger charge is 2.24. The van der Waals surface area contributed by atoms with Crippen LogP contribution in [0.4, 0.5) is 5.82 Å². The minimum atomic E-state index is 0.185. The van der Waals surface area contributed by atoms with Crippen molar-refractivity contribution in [3.63, 3.8) is 0 Å². The summed E-state index contributed by atoms with van der Waals surface area (Å²) in [6.45, 7) is 5.99. The van der Waals surface area contributed by atoms with E-state index in [-0.39, 0.29) is 6.61 Å². The molecule has 2 N–H and O–H groups in total. The number of hydrogen-bond donors (Lipinski definition) is 2. The summed E-state index contributed by atoms with van der Waals surface area (Å²) in [6.07, 6.45) is 6.87. The summed E-state index contributed by atoms with van der Waals surface area (Å²) in [4.78, 5) is 6.90. The molecular weight excluding hydrogens is 250 g/mol. The Morgan fingerprint density at radius 1 is 1.40 bits per heavy atom. The van der Waals surface area contributed by atoms with E-state index in [1.54, 1.807) is 0 Å². The predicted octanol–water partition coefficient (Wildman–Crippen LogP) is 2.32. The van der Waals surface area contributed by atoms with Crippen molar-refractivity contribution >= 4 is 5.82 Å². The Labute approximate surface area is 122 Å². The van der Waals surface area contributed by atoms with Crippen molar-refractivity contribution in [1.29, 1.82) is 0 Å². The molecule has 0 bridgehead atoms. The zero-order valence-corrected chi connectivity index (χ0v) is 12.7. The summed E-state index contributed by atoms with van der Waals surface area (Å²) in [5.74, 6) is 1.04. The highest BCUT2D eigenvalue weighted by atomic mass is 16.3. The summed E-state index contributed by atoms with van der Waals surface area (Å²) in [5, 5.41) is 12.8. The Morgan fingerprint density at radius 2 is 2.15 bits per heavy atom. The molecule has 1 aromatic heterocycles. The van der Waals surface area contributed by atoms with Crippen molar-refractivity contribution in [3.05, 3.63) is 23.9 Å². The summed E-state index contributed by atoms with van der Waals surface area (Å²) in [6, 6.07) is 5.12. The van der Waals surface area contributed by atoms with Crippen LogP contribution in [0.3, 0.4) is 0 Å². The van der Waals surface area contributed by atoms with Crippen molar-refractivity contribution < 1.29 is 5.11 Å². The Morgan fingerprint density at radius 3 is 2.80 bits per heavy atom. The van der Waals surface area contributed by atoms with Gasteiger partial charge in [0.05, 0.1) is 6.61 Å². The lowest BCUT2D eigenvalue weighted by molar-refractivity contribution is 0.296. The fourth-order valence-corrected chi connectivity index (χ4v) is 2.93. The van der Waals surface area contributed by atoms with E-state index >= 15 is 0 Å². The van der Waals surface area contributed by atoms with Gasteiger partial charge in [-0.2, -0.15) is 0 Å². The third-order valence-corrected chi connectivity index (χ3v) is 3.95. The maximum atomic E-state index is 9.38. The molecule has 0 spiro atoms. The van der Waals surface area contributed by atoms with Crippen molar-refractivity contribution in [2.75, 3.05) is 18.1 Å². The van der Waals surface area contributed by atoms with Crippen LogP contribution in [-0.2, 0) is 6.54 Å². The Balaban J connectivity index is 2.18. The quantitative estimate of drug-likeness (QED) is 0.803. The van der Waals surface area contributed by atoms with E-state index in [0.717, 1.165) is 12.4 Å². The second kappa shape index (κ2) is 7.60. The fraction of sp³-hybridized carbons (Fsp3) is 0.688. The number of aliphatic hydroxyl groups is 1. The van der Waals surface area contributed by atoms with Crippen LogP contribution in [0.15, 0.2) is 18.3 Å². The van der Waals surface area contributed by atoms with Crippen LogP contribution in [0, 0.1) is 0 Å². The van der Waals surface area contributed by atoms with E-state index in [2.05, 4.69) is 35.1 Å². The smallest absolute Gasteiger partial charge is 0.133 e. The lowest BCUT2D eigenvalue weighted by Crippen LogP contribution is -2.37. The first-order valence-electron chi connectivity index (χ1n) is 7.77. The number of hydrogen-bond acceptors (Lipinski definition) is 4. The number of rotatable bonds is 7. The number of nitrogens with zero attached hydrogens (tertiary/aromatic N) is 2. The van der Waals surface area contributed by atoms with E-state index in [1.165, 1.54) is 31.2 Å². The molecule has 0 unspecified atom stereocenters. The molecule has 1 saturated carbocycles. The van der Waals surface area contributed by atoms with E-state index in [0.29, 0.717) is 18.6 Å². The zero-order valence-electron chi connectivity index (χ0n) is 12.7. The normalized spacial score (nSPS) is 16.0. The lowest BCUT2D eigenvalue weighted by Gasteiger charge is -2.31. The van der Waals surface area contributed by atoms with Crippen LogP contribution in [0.25, 0.3) is 0 Å². The summed E-state index contributed by atoms with van der Waals surface area (Å²) >= 11 is 0. The number of aromatic nitrogens is 1. The zero-order chi connectivity index (χ0) is 14.4. The van der Waals surface area contributed by atoms with Gasteiger partial charge in [0.25, 0.3) is 0 Å². The first-order chi connectivity index (χ1) is 9.72. The Hall–Kier alpha value is -1.13. The molecule has 2 rings (SSSR count). The molecule has 1 fully saturated rings.